The summed E-state index contributed by atoms with van der Waals surface area (Å²) in [6, 6.07) is 8.50. The zero-order valence-electron chi connectivity index (χ0n) is 33.8. The second-order valence-electron chi connectivity index (χ2n) is 17.4. The average Bonchev–Trinajstić information content (AvgIpc) is 3.56. The standard InChI is InChI=1S/C24H37N3O4.C15H29N3O3/c1-18(28)20-9-7-19(8-10-20)15-27-21(16-25(5)6)17-30-24(27)11-13-26(14-12-24)22(29)31-23(2,3)4;1-14(2,3)21-13(19)18-8-6-15(7-9-18)16-12(11-20-15)10-17(4)5/h7-10,21H,11-17H2,1-6H3;12,16H,6-11H2,1-5H3. The van der Waals surface area contributed by atoms with Crippen LogP contribution in [0.3, 0.4) is 0 Å². The summed E-state index contributed by atoms with van der Waals surface area (Å²) in [5.74, 6) is 0.0764. The number of hydrogen-bond acceptors (Lipinski definition) is 11. The summed E-state index contributed by atoms with van der Waals surface area (Å²) < 4.78 is 23.4. The zero-order valence-corrected chi connectivity index (χ0v) is 33.8. The van der Waals surface area contributed by atoms with Crippen LogP contribution in [0.5, 0.6) is 0 Å². The van der Waals surface area contributed by atoms with E-state index in [9.17, 15) is 14.4 Å². The quantitative estimate of drug-likeness (QED) is 0.396. The number of nitrogens with one attached hydrogen (secondary N) is 1. The molecule has 2 spiro atoms. The number of Topliss-reactive ketones (excluding diaryl/α,β-unsaturated/α-hetero) is 1. The van der Waals surface area contributed by atoms with Crippen LogP contribution in [0.25, 0.3) is 0 Å². The van der Waals surface area contributed by atoms with Crippen LogP contribution in [0.15, 0.2) is 24.3 Å². The van der Waals surface area contributed by atoms with Crippen molar-refractivity contribution in [1.29, 1.82) is 0 Å². The van der Waals surface area contributed by atoms with Gasteiger partial charge in [-0.25, -0.2) is 9.59 Å². The van der Waals surface area contributed by atoms with Gasteiger partial charge in [-0.05, 0) is 82.2 Å². The van der Waals surface area contributed by atoms with Crippen molar-refractivity contribution >= 4 is 18.0 Å². The molecule has 52 heavy (non-hydrogen) atoms. The number of likely N-dealkylation sites (N-methyl/N-ethyl adjacent to an activating group) is 2. The van der Waals surface area contributed by atoms with Gasteiger partial charge in [0.1, 0.15) is 22.7 Å². The number of piperidine rings is 2. The lowest BCUT2D eigenvalue weighted by molar-refractivity contribution is -0.125. The second-order valence-corrected chi connectivity index (χ2v) is 17.4. The summed E-state index contributed by atoms with van der Waals surface area (Å²) in [7, 11) is 8.29. The molecule has 0 aliphatic carbocycles. The summed E-state index contributed by atoms with van der Waals surface area (Å²) in [5, 5.41) is 3.60. The van der Waals surface area contributed by atoms with Crippen molar-refractivity contribution in [3.05, 3.63) is 35.4 Å². The van der Waals surface area contributed by atoms with Crippen molar-refractivity contribution in [3.63, 3.8) is 0 Å². The van der Waals surface area contributed by atoms with Gasteiger partial charge < -0.3 is 38.5 Å². The molecule has 1 N–H and O–H groups in total. The van der Waals surface area contributed by atoms with Crippen LogP contribution >= 0.6 is 0 Å². The number of amides is 2. The van der Waals surface area contributed by atoms with Gasteiger partial charge in [0, 0.05) is 89.1 Å². The molecule has 13 nitrogen and oxygen atoms in total. The monoisotopic (exact) mass is 730 g/mol. The fraction of sp³-hybridized carbons (Fsp3) is 0.769. The summed E-state index contributed by atoms with van der Waals surface area (Å²) >= 11 is 0. The Morgan fingerprint density at radius 3 is 1.73 bits per heavy atom. The maximum Gasteiger partial charge on any atom is 0.410 e. The molecule has 294 valence electrons. The first-order valence-corrected chi connectivity index (χ1v) is 18.9. The molecule has 4 fully saturated rings. The Balaban J connectivity index is 0.000000251. The molecule has 2 unspecified atom stereocenters. The van der Waals surface area contributed by atoms with E-state index in [1.807, 2.05) is 65.8 Å². The highest BCUT2D eigenvalue weighted by molar-refractivity contribution is 5.94. The van der Waals surface area contributed by atoms with Crippen molar-refractivity contribution in [2.24, 2.45) is 0 Å². The van der Waals surface area contributed by atoms with Crippen molar-refractivity contribution < 1.29 is 33.3 Å². The first-order valence-electron chi connectivity index (χ1n) is 18.9. The van der Waals surface area contributed by atoms with Crippen LogP contribution in [0.4, 0.5) is 9.59 Å². The van der Waals surface area contributed by atoms with Crippen molar-refractivity contribution in [2.75, 3.05) is 80.7 Å². The summed E-state index contributed by atoms with van der Waals surface area (Å²) in [5.41, 5.74) is 0.327. The molecule has 0 aromatic heterocycles. The van der Waals surface area contributed by atoms with Crippen LogP contribution in [-0.2, 0) is 25.5 Å². The van der Waals surface area contributed by atoms with E-state index in [4.69, 9.17) is 18.9 Å². The molecule has 0 bridgehead atoms. The molecular formula is C39H66N6O7. The Morgan fingerprint density at radius 1 is 0.769 bits per heavy atom. The largest absolute Gasteiger partial charge is 0.444 e. The van der Waals surface area contributed by atoms with Crippen molar-refractivity contribution in [1.82, 2.24) is 29.8 Å². The fourth-order valence-electron chi connectivity index (χ4n) is 7.36. The lowest BCUT2D eigenvalue weighted by Gasteiger charge is -2.45. The topological polar surface area (TPSA) is 116 Å². The number of benzene rings is 1. The van der Waals surface area contributed by atoms with Crippen molar-refractivity contribution in [2.45, 2.75) is 115 Å². The molecule has 0 radical (unpaired) electrons. The Hall–Kier alpha value is -2.81. The van der Waals surface area contributed by atoms with Crippen LogP contribution < -0.4 is 5.32 Å². The van der Waals surface area contributed by atoms with Gasteiger partial charge in [0.15, 0.2) is 5.78 Å². The van der Waals surface area contributed by atoms with E-state index in [0.29, 0.717) is 38.8 Å². The van der Waals surface area contributed by atoms with Gasteiger partial charge in [-0.3, -0.25) is 15.0 Å². The highest BCUT2D eigenvalue weighted by Crippen LogP contribution is 2.39. The van der Waals surface area contributed by atoms with Crippen LogP contribution in [-0.4, -0.2) is 158 Å². The smallest absolute Gasteiger partial charge is 0.410 e. The second kappa shape index (κ2) is 17.1. The summed E-state index contributed by atoms with van der Waals surface area (Å²) in [6.07, 6.45) is 2.66. The van der Waals surface area contributed by atoms with E-state index in [1.54, 1.807) is 16.7 Å². The third-order valence-corrected chi connectivity index (χ3v) is 9.83. The zero-order chi connectivity index (χ0) is 38.5. The minimum Gasteiger partial charge on any atom is -0.444 e. The number of ether oxygens (including phenoxy) is 4. The van der Waals surface area contributed by atoms with Crippen LogP contribution in [0.2, 0.25) is 0 Å². The minimum atomic E-state index is -0.495. The van der Waals surface area contributed by atoms with E-state index in [1.165, 1.54) is 0 Å². The number of likely N-dealkylation sites (tertiary alicyclic amines) is 2. The third-order valence-electron chi connectivity index (χ3n) is 9.83. The molecule has 4 aliphatic rings. The normalized spacial score (nSPS) is 23.2. The molecule has 4 saturated heterocycles. The Bertz CT molecular complexity index is 1340. The molecular weight excluding hydrogens is 664 g/mol. The van der Waals surface area contributed by atoms with Crippen LogP contribution in [0, 0.1) is 0 Å². The first-order chi connectivity index (χ1) is 24.2. The van der Waals surface area contributed by atoms with Crippen molar-refractivity contribution in [3.8, 4) is 0 Å². The van der Waals surface area contributed by atoms with Gasteiger partial charge in [0.05, 0.1) is 13.2 Å². The number of nitrogens with zero attached hydrogens (tertiary/aromatic N) is 5. The Morgan fingerprint density at radius 2 is 1.27 bits per heavy atom. The lowest BCUT2D eigenvalue weighted by Crippen LogP contribution is -2.56. The van der Waals surface area contributed by atoms with E-state index in [-0.39, 0.29) is 35.5 Å². The van der Waals surface area contributed by atoms with Gasteiger partial charge in [0.25, 0.3) is 0 Å². The molecule has 2 atom stereocenters. The maximum absolute atomic E-state index is 12.5. The maximum atomic E-state index is 12.5. The van der Waals surface area contributed by atoms with Gasteiger partial charge in [-0.15, -0.1) is 0 Å². The minimum absolute atomic E-state index is 0.0764. The Labute approximate surface area is 312 Å². The third kappa shape index (κ3) is 11.8. The van der Waals surface area contributed by atoms with Gasteiger partial charge in [-0.2, -0.15) is 0 Å². The number of carbonyl (C=O) groups excluding carboxylic acids is 3. The van der Waals surface area contributed by atoms with Gasteiger partial charge in [-0.1, -0.05) is 24.3 Å². The molecule has 1 aromatic rings. The SMILES string of the molecule is CC(=O)c1ccc(CN2C(CN(C)C)COC23CCN(C(=O)OC(C)(C)C)CC3)cc1.CN(C)CC1COC2(CCN(C(=O)OC(C)(C)C)CC2)N1. The number of rotatable bonds is 7. The fourth-order valence-corrected chi connectivity index (χ4v) is 7.36. The molecule has 5 rings (SSSR count). The molecule has 0 saturated carbocycles. The molecule has 2 amide bonds. The summed E-state index contributed by atoms with van der Waals surface area (Å²) in [4.78, 5) is 46.6. The molecule has 13 heteroatoms. The number of ketones is 1. The predicted molar refractivity (Wildman–Crippen MR) is 201 cm³/mol. The predicted octanol–water partition coefficient (Wildman–Crippen LogP) is 4.64. The highest BCUT2D eigenvalue weighted by Gasteiger charge is 2.50. The number of carbonyl (C=O) groups is 3. The van der Waals surface area contributed by atoms with Gasteiger partial charge in [0.2, 0.25) is 0 Å². The lowest BCUT2D eigenvalue weighted by atomic mass is 9.97. The summed E-state index contributed by atoms with van der Waals surface area (Å²) in [6.45, 7) is 19.6. The molecule has 1 aromatic carbocycles. The van der Waals surface area contributed by atoms with E-state index in [2.05, 4.69) is 48.2 Å². The van der Waals surface area contributed by atoms with Gasteiger partial charge >= 0.3 is 12.2 Å². The molecule has 4 heterocycles. The average molecular weight is 731 g/mol. The van der Waals surface area contributed by atoms with E-state index < -0.39 is 11.2 Å². The van der Waals surface area contributed by atoms with E-state index in [0.717, 1.165) is 63.1 Å². The molecule has 4 aliphatic heterocycles. The van der Waals surface area contributed by atoms with E-state index >= 15 is 0 Å². The highest BCUT2D eigenvalue weighted by atomic mass is 16.6. The Kier molecular flexibility index (Phi) is 13.8. The first kappa shape index (κ1) is 41.9. The van der Waals surface area contributed by atoms with Crippen LogP contribution in [0.1, 0.15) is 90.1 Å². The number of hydrogen-bond donors (Lipinski definition) is 1.